The van der Waals surface area contributed by atoms with Crippen molar-refractivity contribution in [2.75, 3.05) is 32.1 Å². The molecule has 2 amide bonds. The first-order valence-corrected chi connectivity index (χ1v) is 15.0. The highest BCUT2D eigenvalue weighted by Gasteiger charge is 2.35. The standard InChI is InChI=1S/C31H37N3O6S/c1-21-10-13-26(14-11-21)41(38,39)33(4)19-29-22(2)18-34(23(3)20-35)31(37)27-17-25(12-15-28(27)40-29)32-30(36)16-24-8-6-5-7-9-24/h5-15,17,22-23,29,35H,16,18-20H2,1-4H3,(H,32,36)/t22-,23+,29-/m0/s1. The van der Waals surface area contributed by atoms with E-state index in [9.17, 15) is 23.1 Å². The van der Waals surface area contributed by atoms with Crippen LogP contribution in [-0.2, 0) is 21.2 Å². The van der Waals surface area contributed by atoms with Crippen LogP contribution in [0.5, 0.6) is 5.75 Å². The second kappa shape index (κ2) is 12.8. The molecule has 10 heteroatoms. The Morgan fingerprint density at radius 2 is 1.80 bits per heavy atom. The minimum Gasteiger partial charge on any atom is -0.488 e. The van der Waals surface area contributed by atoms with Crippen molar-refractivity contribution in [3.05, 3.63) is 89.5 Å². The number of aliphatic hydroxyl groups excluding tert-OH is 1. The number of nitrogens with one attached hydrogen (secondary N) is 1. The zero-order chi connectivity index (χ0) is 29.7. The number of ether oxygens (including phenoxy) is 1. The Balaban J connectivity index is 1.61. The molecule has 3 atom stereocenters. The van der Waals surface area contributed by atoms with Crippen LogP contribution >= 0.6 is 0 Å². The monoisotopic (exact) mass is 579 g/mol. The number of aryl methyl sites for hydroxylation is 1. The molecule has 0 unspecified atom stereocenters. The predicted octanol–water partition coefficient (Wildman–Crippen LogP) is 3.72. The van der Waals surface area contributed by atoms with Crippen LogP contribution in [0.1, 0.15) is 35.3 Å². The Kier molecular flexibility index (Phi) is 9.47. The van der Waals surface area contributed by atoms with Crippen LogP contribution in [-0.4, -0.2) is 73.4 Å². The fraction of sp³-hybridized carbons (Fsp3) is 0.355. The largest absolute Gasteiger partial charge is 0.488 e. The summed E-state index contributed by atoms with van der Waals surface area (Å²) in [4.78, 5) is 28.1. The summed E-state index contributed by atoms with van der Waals surface area (Å²) < 4.78 is 34.2. The summed E-state index contributed by atoms with van der Waals surface area (Å²) in [7, 11) is -2.27. The van der Waals surface area contributed by atoms with Gasteiger partial charge in [0.15, 0.2) is 0 Å². The highest BCUT2D eigenvalue weighted by atomic mass is 32.2. The smallest absolute Gasteiger partial charge is 0.258 e. The maximum absolute atomic E-state index is 13.7. The molecule has 0 aliphatic carbocycles. The molecule has 1 aliphatic heterocycles. The van der Waals surface area contributed by atoms with Gasteiger partial charge in [-0.25, -0.2) is 8.42 Å². The van der Waals surface area contributed by atoms with Crippen LogP contribution in [0.2, 0.25) is 0 Å². The fourth-order valence-corrected chi connectivity index (χ4v) is 5.93. The van der Waals surface area contributed by atoms with E-state index in [-0.39, 0.29) is 60.1 Å². The fourth-order valence-electron chi connectivity index (χ4n) is 4.75. The first kappa shape index (κ1) is 30.2. The van der Waals surface area contributed by atoms with Gasteiger partial charge in [0.1, 0.15) is 11.9 Å². The van der Waals surface area contributed by atoms with Gasteiger partial charge in [-0.2, -0.15) is 4.31 Å². The molecule has 1 heterocycles. The predicted molar refractivity (Wildman–Crippen MR) is 157 cm³/mol. The summed E-state index contributed by atoms with van der Waals surface area (Å²) in [6.45, 7) is 5.58. The third-order valence-electron chi connectivity index (χ3n) is 7.32. The van der Waals surface area contributed by atoms with Crippen LogP contribution in [0.25, 0.3) is 0 Å². The first-order valence-electron chi connectivity index (χ1n) is 13.6. The molecule has 0 bridgehead atoms. The van der Waals surface area contributed by atoms with Crippen LogP contribution in [0.15, 0.2) is 77.7 Å². The van der Waals surface area contributed by atoms with Gasteiger partial charge in [-0.05, 0) is 49.7 Å². The number of likely N-dealkylation sites (N-methyl/N-ethyl adjacent to an activating group) is 1. The second-order valence-electron chi connectivity index (χ2n) is 10.6. The molecule has 0 fully saturated rings. The van der Waals surface area contributed by atoms with Crippen molar-refractivity contribution in [1.82, 2.24) is 9.21 Å². The van der Waals surface area contributed by atoms with E-state index in [4.69, 9.17) is 4.74 Å². The molecule has 9 nitrogen and oxygen atoms in total. The number of fused-ring (bicyclic) bond motifs is 1. The van der Waals surface area contributed by atoms with Gasteiger partial charge in [0, 0.05) is 25.2 Å². The highest BCUT2D eigenvalue weighted by Crippen LogP contribution is 2.31. The van der Waals surface area contributed by atoms with E-state index in [1.807, 2.05) is 44.2 Å². The van der Waals surface area contributed by atoms with E-state index in [0.29, 0.717) is 5.69 Å². The van der Waals surface area contributed by atoms with Gasteiger partial charge in [-0.3, -0.25) is 9.59 Å². The lowest BCUT2D eigenvalue weighted by Crippen LogP contribution is -2.50. The maximum atomic E-state index is 13.7. The number of benzene rings is 3. The quantitative estimate of drug-likeness (QED) is 0.399. The van der Waals surface area contributed by atoms with E-state index in [1.165, 1.54) is 11.4 Å². The van der Waals surface area contributed by atoms with Crippen molar-refractivity contribution in [3.63, 3.8) is 0 Å². The molecular formula is C31H37N3O6S. The van der Waals surface area contributed by atoms with Gasteiger partial charge in [-0.15, -0.1) is 0 Å². The number of aliphatic hydroxyl groups is 1. The number of anilines is 1. The molecule has 0 saturated carbocycles. The normalized spacial score (nSPS) is 18.2. The molecule has 4 rings (SSSR count). The molecule has 0 spiro atoms. The average Bonchev–Trinajstić information content (AvgIpc) is 2.95. The van der Waals surface area contributed by atoms with Crippen molar-refractivity contribution in [1.29, 1.82) is 0 Å². The van der Waals surface area contributed by atoms with E-state index < -0.39 is 22.2 Å². The first-order chi connectivity index (χ1) is 19.5. The Morgan fingerprint density at radius 1 is 1.12 bits per heavy atom. The van der Waals surface area contributed by atoms with E-state index in [0.717, 1.165) is 11.1 Å². The topological polar surface area (TPSA) is 116 Å². The molecular weight excluding hydrogens is 542 g/mol. The Morgan fingerprint density at radius 3 is 2.46 bits per heavy atom. The van der Waals surface area contributed by atoms with E-state index in [1.54, 1.807) is 54.3 Å². The molecule has 0 saturated heterocycles. The third kappa shape index (κ3) is 7.13. The zero-order valence-electron chi connectivity index (χ0n) is 23.8. The van der Waals surface area contributed by atoms with Crippen molar-refractivity contribution in [3.8, 4) is 5.75 Å². The number of carbonyl (C=O) groups excluding carboxylic acids is 2. The lowest BCUT2D eigenvalue weighted by Gasteiger charge is -2.38. The number of hydrogen-bond donors (Lipinski definition) is 2. The van der Waals surface area contributed by atoms with Gasteiger partial charge < -0.3 is 20.1 Å². The lowest BCUT2D eigenvalue weighted by atomic mass is 9.99. The van der Waals surface area contributed by atoms with E-state index >= 15 is 0 Å². The third-order valence-corrected chi connectivity index (χ3v) is 9.16. The van der Waals surface area contributed by atoms with Crippen LogP contribution in [0.4, 0.5) is 5.69 Å². The molecule has 3 aromatic carbocycles. The van der Waals surface area contributed by atoms with Gasteiger partial charge >= 0.3 is 0 Å². The highest BCUT2D eigenvalue weighted by molar-refractivity contribution is 7.89. The van der Waals surface area contributed by atoms with E-state index in [2.05, 4.69) is 5.32 Å². The second-order valence-corrected chi connectivity index (χ2v) is 12.7. The van der Waals surface area contributed by atoms with Crippen molar-refractivity contribution < 1.29 is 27.9 Å². The van der Waals surface area contributed by atoms with Gasteiger partial charge in [-0.1, -0.05) is 55.0 Å². The summed E-state index contributed by atoms with van der Waals surface area (Å²) in [5, 5.41) is 12.8. The molecule has 1 aliphatic rings. The Labute approximate surface area is 241 Å². The Hall–Kier alpha value is -3.73. The number of rotatable bonds is 9. The number of hydrogen-bond acceptors (Lipinski definition) is 6. The minimum absolute atomic E-state index is 0.0436. The number of amides is 2. The van der Waals surface area contributed by atoms with Crippen LogP contribution in [0.3, 0.4) is 0 Å². The van der Waals surface area contributed by atoms with Gasteiger partial charge in [0.25, 0.3) is 5.91 Å². The summed E-state index contributed by atoms with van der Waals surface area (Å²) in [6, 6.07) is 20.4. The molecule has 0 radical (unpaired) electrons. The summed E-state index contributed by atoms with van der Waals surface area (Å²) in [6.07, 6.45) is -0.420. The minimum atomic E-state index is -3.78. The SMILES string of the molecule is Cc1ccc(S(=O)(=O)N(C)C[C@@H]2Oc3ccc(NC(=O)Cc4ccccc4)cc3C(=O)N([C@H](C)CO)C[C@@H]2C)cc1. The number of sulfonamides is 1. The molecule has 0 aromatic heterocycles. The maximum Gasteiger partial charge on any atom is 0.258 e. The molecule has 218 valence electrons. The average molecular weight is 580 g/mol. The number of nitrogens with zero attached hydrogens (tertiary/aromatic N) is 2. The molecule has 41 heavy (non-hydrogen) atoms. The number of carbonyl (C=O) groups is 2. The van der Waals surface area contributed by atoms with Crippen LogP contribution in [0, 0.1) is 12.8 Å². The zero-order valence-corrected chi connectivity index (χ0v) is 24.6. The van der Waals surface area contributed by atoms with Crippen molar-refractivity contribution in [2.24, 2.45) is 5.92 Å². The molecule has 3 aromatic rings. The summed E-state index contributed by atoms with van der Waals surface area (Å²) >= 11 is 0. The summed E-state index contributed by atoms with van der Waals surface area (Å²) in [5.74, 6) is -0.553. The van der Waals surface area contributed by atoms with Crippen molar-refractivity contribution >= 4 is 27.5 Å². The summed E-state index contributed by atoms with van der Waals surface area (Å²) in [5.41, 5.74) is 2.48. The van der Waals surface area contributed by atoms with Crippen LogP contribution < -0.4 is 10.1 Å². The van der Waals surface area contributed by atoms with Gasteiger partial charge in [0.05, 0.1) is 36.1 Å². The Bertz CT molecular complexity index is 1480. The van der Waals surface area contributed by atoms with Crippen molar-refractivity contribution in [2.45, 2.75) is 44.2 Å². The lowest BCUT2D eigenvalue weighted by molar-refractivity contribution is -0.115. The molecule has 2 N–H and O–H groups in total. The van der Waals surface area contributed by atoms with Gasteiger partial charge in [0.2, 0.25) is 15.9 Å².